The van der Waals surface area contributed by atoms with Crippen molar-refractivity contribution in [3.8, 4) is 11.8 Å². The molecule has 0 spiro atoms. The number of nitrogens with one attached hydrogen (secondary N) is 1. The molecule has 0 aliphatic heterocycles. The van der Waals surface area contributed by atoms with Gasteiger partial charge in [-0.05, 0) is 48.1 Å². The van der Waals surface area contributed by atoms with Gasteiger partial charge in [0.1, 0.15) is 0 Å². The lowest BCUT2D eigenvalue weighted by Gasteiger charge is -2.05. The highest BCUT2D eigenvalue weighted by atomic mass is 79.9. The molecule has 0 amide bonds. The van der Waals surface area contributed by atoms with Gasteiger partial charge < -0.3 is 4.98 Å². The highest BCUT2D eigenvalue weighted by molar-refractivity contribution is 9.10. The number of imidazole rings is 1. The van der Waals surface area contributed by atoms with Crippen molar-refractivity contribution in [2.45, 2.75) is 6.42 Å². The quantitative estimate of drug-likeness (QED) is 0.695. The average molecular weight is 344 g/mol. The fourth-order valence-corrected chi connectivity index (χ4v) is 2.85. The lowest BCUT2D eigenvalue weighted by atomic mass is 10.1. The summed E-state index contributed by atoms with van der Waals surface area (Å²) < 4.78 is 3.66. The molecule has 3 aromatic rings. The van der Waals surface area contributed by atoms with Crippen molar-refractivity contribution in [1.29, 1.82) is 5.26 Å². The predicted molar refractivity (Wildman–Crippen MR) is 85.5 cm³/mol. The van der Waals surface area contributed by atoms with Crippen LogP contribution in [0.3, 0.4) is 0 Å². The standard InChI is InChI=1S/C15H10BrN3S/c16-11-3-6-13-14(9-11)19(15(20)18-13)12-4-1-10(2-5-12)7-8-17/h1-6,9H,7H2,(H,18,20). The first-order valence-corrected chi connectivity index (χ1v) is 7.26. The Balaban J connectivity index is 2.18. The summed E-state index contributed by atoms with van der Waals surface area (Å²) in [7, 11) is 0. The molecule has 2 aromatic carbocycles. The van der Waals surface area contributed by atoms with Crippen molar-refractivity contribution in [3.05, 3.63) is 57.3 Å². The lowest BCUT2D eigenvalue weighted by Crippen LogP contribution is -1.94. The molecule has 0 aliphatic rings. The van der Waals surface area contributed by atoms with Gasteiger partial charge in [-0.1, -0.05) is 28.1 Å². The number of rotatable bonds is 2. The van der Waals surface area contributed by atoms with E-state index >= 15 is 0 Å². The number of benzene rings is 2. The molecule has 0 aliphatic carbocycles. The minimum atomic E-state index is 0.422. The van der Waals surface area contributed by atoms with Crippen molar-refractivity contribution in [3.63, 3.8) is 0 Å². The first-order valence-electron chi connectivity index (χ1n) is 6.05. The van der Waals surface area contributed by atoms with Crippen LogP contribution in [0.5, 0.6) is 0 Å². The van der Waals surface area contributed by atoms with Crippen LogP contribution in [0.4, 0.5) is 0 Å². The second-order valence-electron chi connectivity index (χ2n) is 4.43. The molecule has 20 heavy (non-hydrogen) atoms. The SMILES string of the molecule is N#CCc1ccc(-n2c(=S)[nH]c3ccc(Br)cc32)cc1. The monoisotopic (exact) mass is 343 g/mol. The number of hydrogen-bond donors (Lipinski definition) is 1. The Kier molecular flexibility index (Phi) is 3.43. The van der Waals surface area contributed by atoms with E-state index in [1.807, 2.05) is 47.0 Å². The summed E-state index contributed by atoms with van der Waals surface area (Å²) in [6, 6.07) is 16.0. The van der Waals surface area contributed by atoms with Crippen LogP contribution in [0.15, 0.2) is 46.9 Å². The zero-order valence-corrected chi connectivity index (χ0v) is 12.8. The molecule has 1 N–H and O–H groups in total. The lowest BCUT2D eigenvalue weighted by molar-refractivity contribution is 1.06. The molecule has 1 aromatic heterocycles. The van der Waals surface area contributed by atoms with E-state index in [-0.39, 0.29) is 0 Å². The normalized spacial score (nSPS) is 10.6. The van der Waals surface area contributed by atoms with Crippen molar-refractivity contribution < 1.29 is 0 Å². The maximum atomic E-state index is 8.71. The Morgan fingerprint density at radius 3 is 2.65 bits per heavy atom. The molecule has 0 saturated carbocycles. The Morgan fingerprint density at radius 2 is 1.95 bits per heavy atom. The molecule has 98 valence electrons. The third-order valence-corrected chi connectivity index (χ3v) is 3.90. The highest BCUT2D eigenvalue weighted by Crippen LogP contribution is 2.23. The van der Waals surface area contributed by atoms with Gasteiger partial charge in [-0.3, -0.25) is 4.57 Å². The van der Waals surface area contributed by atoms with Crippen molar-refractivity contribution in [2.24, 2.45) is 0 Å². The maximum Gasteiger partial charge on any atom is 0.182 e. The largest absolute Gasteiger partial charge is 0.330 e. The van der Waals surface area contributed by atoms with Gasteiger partial charge in [0.2, 0.25) is 0 Å². The van der Waals surface area contributed by atoms with Crippen LogP contribution in [0.1, 0.15) is 5.56 Å². The summed E-state index contributed by atoms with van der Waals surface area (Å²) in [4.78, 5) is 3.20. The minimum Gasteiger partial charge on any atom is -0.330 e. The van der Waals surface area contributed by atoms with E-state index in [0.717, 1.165) is 26.8 Å². The van der Waals surface area contributed by atoms with E-state index in [4.69, 9.17) is 17.5 Å². The van der Waals surface area contributed by atoms with Crippen LogP contribution in [0, 0.1) is 16.1 Å². The molecule has 3 rings (SSSR count). The summed E-state index contributed by atoms with van der Waals surface area (Å²) in [6.45, 7) is 0. The van der Waals surface area contributed by atoms with Crippen LogP contribution in [0.2, 0.25) is 0 Å². The third kappa shape index (κ3) is 2.28. The Labute approximate surface area is 129 Å². The number of fused-ring (bicyclic) bond motifs is 1. The number of aromatic nitrogens is 2. The molecule has 1 heterocycles. The molecular weight excluding hydrogens is 334 g/mol. The van der Waals surface area contributed by atoms with Gasteiger partial charge in [0.25, 0.3) is 0 Å². The summed E-state index contributed by atoms with van der Waals surface area (Å²) in [6.07, 6.45) is 0.422. The summed E-state index contributed by atoms with van der Waals surface area (Å²) in [5.41, 5.74) is 4.02. The van der Waals surface area contributed by atoms with Gasteiger partial charge >= 0.3 is 0 Å². The fourth-order valence-electron chi connectivity index (χ4n) is 2.19. The molecule has 0 atom stereocenters. The zero-order valence-electron chi connectivity index (χ0n) is 10.4. The molecule has 0 fully saturated rings. The van der Waals surface area contributed by atoms with Gasteiger partial charge in [0.15, 0.2) is 4.77 Å². The number of halogens is 1. The highest BCUT2D eigenvalue weighted by Gasteiger charge is 2.07. The Hall–Kier alpha value is -1.90. The number of aromatic amines is 1. The summed E-state index contributed by atoms with van der Waals surface area (Å²) in [5, 5.41) is 8.71. The zero-order chi connectivity index (χ0) is 14.1. The van der Waals surface area contributed by atoms with E-state index in [0.29, 0.717) is 11.2 Å². The first-order chi connectivity index (χ1) is 9.69. The Morgan fingerprint density at radius 1 is 1.20 bits per heavy atom. The van der Waals surface area contributed by atoms with Crippen LogP contribution in [0.25, 0.3) is 16.7 Å². The van der Waals surface area contributed by atoms with Gasteiger partial charge in [-0.2, -0.15) is 5.26 Å². The van der Waals surface area contributed by atoms with Crippen molar-refractivity contribution in [2.75, 3.05) is 0 Å². The van der Waals surface area contributed by atoms with Gasteiger partial charge in [-0.15, -0.1) is 0 Å². The molecular formula is C15H10BrN3S. The molecule has 0 unspecified atom stereocenters. The van der Waals surface area contributed by atoms with Gasteiger partial charge in [-0.25, -0.2) is 0 Å². The number of nitriles is 1. The number of H-pyrrole nitrogens is 1. The average Bonchev–Trinajstić information content (AvgIpc) is 2.76. The fraction of sp³-hybridized carbons (Fsp3) is 0.0667. The second kappa shape index (κ2) is 5.23. The van der Waals surface area contributed by atoms with Crippen LogP contribution in [-0.2, 0) is 6.42 Å². The van der Waals surface area contributed by atoms with E-state index in [2.05, 4.69) is 27.0 Å². The molecule has 5 heteroatoms. The maximum absolute atomic E-state index is 8.71. The van der Waals surface area contributed by atoms with Crippen LogP contribution < -0.4 is 0 Å². The third-order valence-electron chi connectivity index (χ3n) is 3.12. The first kappa shape index (κ1) is 13.1. The summed E-state index contributed by atoms with van der Waals surface area (Å²) >= 11 is 8.89. The smallest absolute Gasteiger partial charge is 0.182 e. The second-order valence-corrected chi connectivity index (χ2v) is 5.73. The van der Waals surface area contributed by atoms with Gasteiger partial charge in [0.05, 0.1) is 23.5 Å². The van der Waals surface area contributed by atoms with Crippen molar-refractivity contribution in [1.82, 2.24) is 9.55 Å². The number of hydrogen-bond acceptors (Lipinski definition) is 2. The number of nitrogens with zero attached hydrogens (tertiary/aromatic N) is 2. The molecule has 3 nitrogen and oxygen atoms in total. The molecule has 0 bridgehead atoms. The Bertz CT molecular complexity index is 869. The van der Waals surface area contributed by atoms with Crippen molar-refractivity contribution >= 4 is 39.2 Å². The predicted octanol–water partition coefficient (Wildman–Crippen LogP) is 4.52. The summed E-state index contributed by atoms with van der Waals surface area (Å²) in [5.74, 6) is 0. The van der Waals surface area contributed by atoms with E-state index < -0.39 is 0 Å². The molecule has 0 saturated heterocycles. The van der Waals surface area contributed by atoms with E-state index in [9.17, 15) is 0 Å². The van der Waals surface area contributed by atoms with Gasteiger partial charge in [0, 0.05) is 10.2 Å². The van der Waals surface area contributed by atoms with Crippen LogP contribution >= 0.6 is 28.1 Å². The van der Waals surface area contributed by atoms with Crippen LogP contribution in [-0.4, -0.2) is 9.55 Å². The topological polar surface area (TPSA) is 44.5 Å². The minimum absolute atomic E-state index is 0.422. The van der Waals surface area contributed by atoms with E-state index in [1.165, 1.54) is 0 Å². The van der Waals surface area contributed by atoms with E-state index in [1.54, 1.807) is 0 Å². The molecule has 0 radical (unpaired) electrons.